The molecule has 0 fully saturated rings. The van der Waals surface area contributed by atoms with Gasteiger partial charge in [0.15, 0.2) is 0 Å². The van der Waals surface area contributed by atoms with Crippen molar-refractivity contribution in [3.05, 3.63) is 41.6 Å². The SMILES string of the molecule is C[Si](O)(O)/C=C/c1ccccc1. The summed E-state index contributed by atoms with van der Waals surface area (Å²) in [6, 6.07) is 9.57. The zero-order valence-corrected chi connectivity index (χ0v) is 7.94. The molecule has 0 bridgehead atoms. The van der Waals surface area contributed by atoms with Crippen LogP contribution in [-0.4, -0.2) is 18.2 Å². The standard InChI is InChI=1S/C9H12O2Si/c1-12(10,11)8-7-9-5-3-2-4-6-9/h2-8,10-11H,1H3/b8-7+. The molecule has 2 N–H and O–H groups in total. The highest BCUT2D eigenvalue weighted by atomic mass is 28.4. The highest BCUT2D eigenvalue weighted by molar-refractivity contribution is 6.69. The van der Waals surface area contributed by atoms with Crippen LogP contribution in [0.15, 0.2) is 36.0 Å². The minimum Gasteiger partial charge on any atom is -0.408 e. The molecular formula is C9H12O2Si. The Morgan fingerprint density at radius 2 is 1.75 bits per heavy atom. The first-order chi connectivity index (χ1) is 5.58. The summed E-state index contributed by atoms with van der Waals surface area (Å²) < 4.78 is 0. The molecule has 0 saturated heterocycles. The van der Waals surface area contributed by atoms with E-state index in [2.05, 4.69) is 0 Å². The second kappa shape index (κ2) is 3.67. The molecule has 1 aromatic carbocycles. The van der Waals surface area contributed by atoms with E-state index in [4.69, 9.17) is 9.59 Å². The molecule has 0 spiro atoms. The largest absolute Gasteiger partial charge is 0.408 e. The van der Waals surface area contributed by atoms with Crippen LogP contribution < -0.4 is 0 Å². The van der Waals surface area contributed by atoms with Gasteiger partial charge in [-0.3, -0.25) is 0 Å². The van der Waals surface area contributed by atoms with Crippen LogP contribution in [0.25, 0.3) is 6.08 Å². The Labute approximate surface area is 73.1 Å². The van der Waals surface area contributed by atoms with Crippen molar-refractivity contribution in [3.63, 3.8) is 0 Å². The van der Waals surface area contributed by atoms with Gasteiger partial charge in [-0.15, -0.1) is 0 Å². The molecule has 1 rings (SSSR count). The lowest BCUT2D eigenvalue weighted by Crippen LogP contribution is -2.26. The molecule has 64 valence electrons. The van der Waals surface area contributed by atoms with Gasteiger partial charge in [-0.2, -0.15) is 0 Å². The average molecular weight is 180 g/mol. The quantitative estimate of drug-likeness (QED) is 0.673. The lowest BCUT2D eigenvalue weighted by molar-refractivity contribution is 0.390. The smallest absolute Gasteiger partial charge is 0.356 e. The normalized spacial score (nSPS) is 12.2. The average Bonchev–Trinajstić information content (AvgIpc) is 2.02. The molecule has 0 aliphatic heterocycles. The Bertz CT molecular complexity index is 262. The van der Waals surface area contributed by atoms with E-state index in [0.717, 1.165) is 5.56 Å². The topological polar surface area (TPSA) is 40.5 Å². The van der Waals surface area contributed by atoms with Gasteiger partial charge in [-0.05, 0) is 17.8 Å². The highest BCUT2D eigenvalue weighted by Crippen LogP contribution is 2.03. The maximum Gasteiger partial charge on any atom is 0.356 e. The molecule has 3 heteroatoms. The van der Waals surface area contributed by atoms with Crippen molar-refractivity contribution in [3.8, 4) is 0 Å². The summed E-state index contributed by atoms with van der Waals surface area (Å²) in [7, 11) is -3.02. The molecule has 12 heavy (non-hydrogen) atoms. The molecule has 0 aliphatic rings. The first-order valence-corrected chi connectivity index (χ1v) is 6.24. The minimum atomic E-state index is -3.02. The molecule has 0 aliphatic carbocycles. The Morgan fingerprint density at radius 3 is 2.25 bits per heavy atom. The molecule has 1 aromatic rings. The van der Waals surface area contributed by atoms with Crippen LogP contribution in [0.4, 0.5) is 0 Å². The van der Waals surface area contributed by atoms with Crippen LogP contribution in [0.1, 0.15) is 5.56 Å². The van der Waals surface area contributed by atoms with Gasteiger partial charge in [0.05, 0.1) is 0 Å². The predicted molar refractivity (Wildman–Crippen MR) is 51.5 cm³/mol. The van der Waals surface area contributed by atoms with Crippen molar-refractivity contribution < 1.29 is 9.59 Å². The van der Waals surface area contributed by atoms with Crippen molar-refractivity contribution in [2.45, 2.75) is 6.55 Å². The Hall–Kier alpha value is -0.903. The first-order valence-electron chi connectivity index (χ1n) is 3.77. The van der Waals surface area contributed by atoms with E-state index in [9.17, 15) is 0 Å². The maximum atomic E-state index is 9.09. The third kappa shape index (κ3) is 3.48. The van der Waals surface area contributed by atoms with Crippen LogP contribution in [0.2, 0.25) is 6.55 Å². The fraction of sp³-hybridized carbons (Fsp3) is 0.111. The van der Waals surface area contributed by atoms with Crippen molar-refractivity contribution in [1.82, 2.24) is 0 Å². The second-order valence-electron chi connectivity index (χ2n) is 2.84. The molecule has 0 aromatic heterocycles. The van der Waals surface area contributed by atoms with E-state index in [1.165, 1.54) is 12.2 Å². The molecule has 0 amide bonds. The van der Waals surface area contributed by atoms with E-state index >= 15 is 0 Å². The molecule has 0 radical (unpaired) electrons. The maximum absolute atomic E-state index is 9.09. The van der Waals surface area contributed by atoms with Crippen LogP contribution in [0, 0.1) is 0 Å². The molecule has 2 nitrogen and oxygen atoms in total. The van der Waals surface area contributed by atoms with Crippen LogP contribution in [-0.2, 0) is 0 Å². The molecule has 0 saturated carbocycles. The van der Waals surface area contributed by atoms with Gasteiger partial charge < -0.3 is 9.59 Å². The lowest BCUT2D eigenvalue weighted by Gasteiger charge is -2.03. The fourth-order valence-electron chi connectivity index (χ4n) is 0.818. The molecule has 0 unspecified atom stereocenters. The number of hydrogen-bond donors (Lipinski definition) is 2. The number of rotatable bonds is 2. The highest BCUT2D eigenvalue weighted by Gasteiger charge is 2.15. The second-order valence-corrected chi connectivity index (χ2v) is 5.36. The van der Waals surface area contributed by atoms with E-state index in [0.29, 0.717) is 0 Å². The summed E-state index contributed by atoms with van der Waals surface area (Å²) in [4.78, 5) is 18.2. The number of hydrogen-bond acceptors (Lipinski definition) is 2. The summed E-state index contributed by atoms with van der Waals surface area (Å²) in [5, 5.41) is 0. The Kier molecular flexibility index (Phi) is 2.81. The van der Waals surface area contributed by atoms with Gasteiger partial charge in [0.25, 0.3) is 0 Å². The van der Waals surface area contributed by atoms with E-state index in [-0.39, 0.29) is 0 Å². The van der Waals surface area contributed by atoms with Gasteiger partial charge in [-0.1, -0.05) is 36.4 Å². The van der Waals surface area contributed by atoms with Crippen molar-refractivity contribution in [2.24, 2.45) is 0 Å². The van der Waals surface area contributed by atoms with Crippen LogP contribution >= 0.6 is 0 Å². The van der Waals surface area contributed by atoms with Gasteiger partial charge >= 0.3 is 8.56 Å². The fourth-order valence-corrected chi connectivity index (χ4v) is 1.33. The zero-order valence-electron chi connectivity index (χ0n) is 6.94. The zero-order chi connectivity index (χ0) is 9.03. The summed E-state index contributed by atoms with van der Waals surface area (Å²) in [5.41, 5.74) is 2.46. The third-order valence-corrected chi connectivity index (χ3v) is 2.19. The lowest BCUT2D eigenvalue weighted by atomic mass is 10.2. The van der Waals surface area contributed by atoms with Gasteiger partial charge in [-0.25, -0.2) is 0 Å². The molecule has 0 heterocycles. The Morgan fingerprint density at radius 1 is 1.17 bits per heavy atom. The van der Waals surface area contributed by atoms with Gasteiger partial charge in [0.1, 0.15) is 0 Å². The van der Waals surface area contributed by atoms with E-state index in [1.807, 2.05) is 30.3 Å². The summed E-state index contributed by atoms with van der Waals surface area (Å²) in [6.07, 6.45) is 1.73. The van der Waals surface area contributed by atoms with E-state index in [1.54, 1.807) is 6.08 Å². The predicted octanol–water partition coefficient (Wildman–Crippen LogP) is 1.30. The van der Waals surface area contributed by atoms with Crippen LogP contribution in [0.5, 0.6) is 0 Å². The third-order valence-electron chi connectivity index (χ3n) is 1.39. The molecule has 0 atom stereocenters. The van der Waals surface area contributed by atoms with Crippen molar-refractivity contribution >= 4 is 14.6 Å². The van der Waals surface area contributed by atoms with Gasteiger partial charge in [0.2, 0.25) is 0 Å². The van der Waals surface area contributed by atoms with Crippen molar-refractivity contribution in [2.75, 3.05) is 0 Å². The van der Waals surface area contributed by atoms with Crippen molar-refractivity contribution in [1.29, 1.82) is 0 Å². The summed E-state index contributed by atoms with van der Waals surface area (Å²) in [6.45, 7) is 1.45. The minimum absolute atomic E-state index is 0.985. The number of benzene rings is 1. The summed E-state index contributed by atoms with van der Waals surface area (Å²) in [5.74, 6) is 0. The van der Waals surface area contributed by atoms with E-state index < -0.39 is 8.56 Å². The van der Waals surface area contributed by atoms with Crippen LogP contribution in [0.3, 0.4) is 0 Å². The first kappa shape index (κ1) is 9.19. The monoisotopic (exact) mass is 180 g/mol. The summed E-state index contributed by atoms with van der Waals surface area (Å²) >= 11 is 0. The Balaban J connectivity index is 2.71. The van der Waals surface area contributed by atoms with Gasteiger partial charge in [0, 0.05) is 0 Å². The molecular weight excluding hydrogens is 168 g/mol.